The predicted molar refractivity (Wildman–Crippen MR) is 114 cm³/mol. The van der Waals surface area contributed by atoms with Crippen molar-refractivity contribution in [2.24, 2.45) is 11.3 Å². The van der Waals surface area contributed by atoms with Gasteiger partial charge in [-0.25, -0.2) is 9.97 Å². The second kappa shape index (κ2) is 7.36. The van der Waals surface area contributed by atoms with Crippen LogP contribution in [0.1, 0.15) is 24.1 Å². The molecule has 0 saturated carbocycles. The SMILES string of the molecule is O=C(N1CCC2(CC1)OCCc1cnc(-c3ccccc3)nc12)[C@]12CNC[C@H]1COC2. The zero-order chi connectivity index (χ0) is 20.9. The van der Waals surface area contributed by atoms with Gasteiger partial charge in [0.25, 0.3) is 0 Å². The van der Waals surface area contributed by atoms with Crippen LogP contribution < -0.4 is 5.32 Å². The molecule has 7 nitrogen and oxygen atoms in total. The lowest BCUT2D eigenvalue weighted by atomic mass is 9.78. The molecule has 4 aliphatic heterocycles. The topological polar surface area (TPSA) is 76.6 Å². The molecule has 31 heavy (non-hydrogen) atoms. The molecule has 0 unspecified atom stereocenters. The van der Waals surface area contributed by atoms with E-state index in [1.165, 1.54) is 5.56 Å². The molecule has 0 radical (unpaired) electrons. The number of aromatic nitrogens is 2. The van der Waals surface area contributed by atoms with Crippen LogP contribution in [0.15, 0.2) is 36.5 Å². The molecule has 2 aromatic rings. The highest BCUT2D eigenvalue weighted by Crippen LogP contribution is 2.44. The van der Waals surface area contributed by atoms with E-state index < -0.39 is 5.60 Å². The van der Waals surface area contributed by atoms with Gasteiger partial charge in [0.15, 0.2) is 5.82 Å². The maximum Gasteiger partial charge on any atom is 0.232 e. The van der Waals surface area contributed by atoms with E-state index >= 15 is 0 Å². The molecule has 162 valence electrons. The van der Waals surface area contributed by atoms with Crippen LogP contribution in [0.25, 0.3) is 11.4 Å². The van der Waals surface area contributed by atoms with Crippen LogP contribution in [0.4, 0.5) is 0 Å². The number of amides is 1. The monoisotopic (exact) mass is 420 g/mol. The molecule has 4 aliphatic rings. The Labute approximate surface area is 182 Å². The van der Waals surface area contributed by atoms with Crippen molar-refractivity contribution in [2.75, 3.05) is 46.0 Å². The van der Waals surface area contributed by atoms with Crippen LogP contribution in [-0.4, -0.2) is 66.8 Å². The Morgan fingerprint density at radius 3 is 2.87 bits per heavy atom. The average Bonchev–Trinajstić information content (AvgIpc) is 3.41. The predicted octanol–water partition coefficient (Wildman–Crippen LogP) is 1.77. The first-order chi connectivity index (χ1) is 15.2. The molecule has 6 rings (SSSR count). The Morgan fingerprint density at radius 1 is 1.19 bits per heavy atom. The Kier molecular flexibility index (Phi) is 4.59. The van der Waals surface area contributed by atoms with Crippen molar-refractivity contribution >= 4 is 5.91 Å². The highest BCUT2D eigenvalue weighted by atomic mass is 16.5. The minimum atomic E-state index is -0.423. The van der Waals surface area contributed by atoms with Crippen molar-refractivity contribution in [3.63, 3.8) is 0 Å². The summed E-state index contributed by atoms with van der Waals surface area (Å²) in [6.45, 7) is 4.89. The van der Waals surface area contributed by atoms with Crippen LogP contribution >= 0.6 is 0 Å². The normalized spacial score (nSPS) is 29.0. The summed E-state index contributed by atoms with van der Waals surface area (Å²) in [7, 11) is 0. The van der Waals surface area contributed by atoms with Crippen LogP contribution in [0, 0.1) is 11.3 Å². The van der Waals surface area contributed by atoms with Gasteiger partial charge in [-0.15, -0.1) is 0 Å². The fraction of sp³-hybridized carbons (Fsp3) is 0.542. The number of fused-ring (bicyclic) bond motifs is 3. The summed E-state index contributed by atoms with van der Waals surface area (Å²) >= 11 is 0. The number of ether oxygens (including phenoxy) is 2. The average molecular weight is 421 g/mol. The van der Waals surface area contributed by atoms with Gasteiger partial charge >= 0.3 is 0 Å². The minimum absolute atomic E-state index is 0.249. The highest BCUT2D eigenvalue weighted by Gasteiger charge is 2.55. The Balaban J connectivity index is 1.25. The van der Waals surface area contributed by atoms with Gasteiger partial charge in [0.2, 0.25) is 5.91 Å². The van der Waals surface area contributed by atoms with E-state index in [1.54, 1.807) is 0 Å². The molecule has 0 bridgehead atoms. The molecule has 1 aromatic carbocycles. The quantitative estimate of drug-likeness (QED) is 0.798. The molecule has 1 aromatic heterocycles. The number of nitrogens with zero attached hydrogens (tertiary/aromatic N) is 3. The lowest BCUT2D eigenvalue weighted by Gasteiger charge is -2.45. The first-order valence-corrected chi connectivity index (χ1v) is 11.3. The third-order valence-electron chi connectivity index (χ3n) is 7.65. The number of carbonyl (C=O) groups is 1. The van der Waals surface area contributed by atoms with Gasteiger partial charge in [-0.05, 0) is 24.8 Å². The van der Waals surface area contributed by atoms with Crippen molar-refractivity contribution in [2.45, 2.75) is 24.9 Å². The van der Waals surface area contributed by atoms with Gasteiger partial charge in [-0.1, -0.05) is 30.3 Å². The molecule has 1 N–H and O–H groups in total. The summed E-state index contributed by atoms with van der Waals surface area (Å²) in [6.07, 6.45) is 4.34. The number of benzene rings is 1. The Hall–Kier alpha value is -2.35. The first-order valence-electron chi connectivity index (χ1n) is 11.3. The molecule has 1 spiro atoms. The highest BCUT2D eigenvalue weighted by molar-refractivity contribution is 5.84. The van der Waals surface area contributed by atoms with Crippen molar-refractivity contribution in [1.29, 1.82) is 0 Å². The van der Waals surface area contributed by atoms with Gasteiger partial charge in [-0.3, -0.25) is 4.79 Å². The third kappa shape index (κ3) is 3.02. The largest absolute Gasteiger partial charge is 0.380 e. The molecular weight excluding hydrogens is 392 g/mol. The van der Waals surface area contributed by atoms with Crippen LogP contribution in [0.5, 0.6) is 0 Å². The first kappa shape index (κ1) is 19.3. The van der Waals surface area contributed by atoms with Gasteiger partial charge in [0.05, 0.1) is 30.9 Å². The van der Waals surface area contributed by atoms with E-state index in [9.17, 15) is 4.79 Å². The van der Waals surface area contributed by atoms with E-state index in [0.717, 1.165) is 49.4 Å². The minimum Gasteiger partial charge on any atom is -0.380 e. The number of piperidine rings is 1. The maximum absolute atomic E-state index is 13.5. The second-order valence-corrected chi connectivity index (χ2v) is 9.32. The lowest BCUT2D eigenvalue weighted by molar-refractivity contribution is -0.151. The summed E-state index contributed by atoms with van der Waals surface area (Å²) in [5.41, 5.74) is 2.40. The summed E-state index contributed by atoms with van der Waals surface area (Å²) in [4.78, 5) is 25.1. The van der Waals surface area contributed by atoms with Gasteiger partial charge in [0.1, 0.15) is 5.60 Å². The number of nitrogens with one attached hydrogen (secondary N) is 1. The van der Waals surface area contributed by atoms with Gasteiger partial charge < -0.3 is 19.7 Å². The van der Waals surface area contributed by atoms with E-state index in [1.807, 2.05) is 41.4 Å². The van der Waals surface area contributed by atoms with Gasteiger partial charge in [-0.2, -0.15) is 0 Å². The number of hydrogen-bond donors (Lipinski definition) is 1. The van der Waals surface area contributed by atoms with Crippen molar-refractivity contribution in [3.8, 4) is 11.4 Å². The van der Waals surface area contributed by atoms with Gasteiger partial charge in [0, 0.05) is 43.9 Å². The summed E-state index contributed by atoms with van der Waals surface area (Å²) in [6, 6.07) is 10.1. The molecule has 3 fully saturated rings. The van der Waals surface area contributed by atoms with Crippen molar-refractivity contribution in [1.82, 2.24) is 20.2 Å². The molecular formula is C24H28N4O3. The Morgan fingerprint density at radius 2 is 2.03 bits per heavy atom. The van der Waals surface area contributed by atoms with Crippen molar-refractivity contribution in [3.05, 3.63) is 47.8 Å². The van der Waals surface area contributed by atoms with E-state index in [4.69, 9.17) is 14.5 Å². The van der Waals surface area contributed by atoms with E-state index in [2.05, 4.69) is 10.3 Å². The zero-order valence-corrected chi connectivity index (χ0v) is 17.7. The Bertz CT molecular complexity index is 978. The van der Waals surface area contributed by atoms with E-state index in [0.29, 0.717) is 38.8 Å². The van der Waals surface area contributed by atoms with E-state index in [-0.39, 0.29) is 11.3 Å². The molecule has 7 heteroatoms. The number of likely N-dealkylation sites (tertiary alicyclic amines) is 1. The molecule has 1 amide bonds. The zero-order valence-electron chi connectivity index (χ0n) is 17.7. The molecule has 5 heterocycles. The number of rotatable bonds is 2. The molecule has 2 atom stereocenters. The van der Waals surface area contributed by atoms with Crippen LogP contribution in [-0.2, 0) is 26.3 Å². The second-order valence-electron chi connectivity index (χ2n) is 9.32. The fourth-order valence-electron chi connectivity index (χ4n) is 5.79. The van der Waals surface area contributed by atoms with Crippen molar-refractivity contribution < 1.29 is 14.3 Å². The number of hydrogen-bond acceptors (Lipinski definition) is 6. The summed E-state index contributed by atoms with van der Waals surface area (Å²) in [5, 5.41) is 3.41. The van der Waals surface area contributed by atoms with Crippen LogP contribution in [0.2, 0.25) is 0 Å². The standard InChI is InChI=1S/C24H28N4O3/c29-22(23-15-25-13-19(23)14-30-16-23)28-9-7-24(8-10-28)20-18(6-11-31-24)12-26-21(27-20)17-4-2-1-3-5-17/h1-5,12,19,25H,6-11,13-16H2/t19-,23-/m0/s1. The smallest absolute Gasteiger partial charge is 0.232 e. The number of carbonyl (C=O) groups excluding carboxylic acids is 1. The summed E-state index contributed by atoms with van der Waals surface area (Å²) < 4.78 is 12.1. The lowest BCUT2D eigenvalue weighted by Crippen LogP contribution is -2.54. The maximum atomic E-state index is 13.5. The third-order valence-corrected chi connectivity index (χ3v) is 7.65. The summed E-state index contributed by atoms with van der Waals surface area (Å²) in [5.74, 6) is 1.28. The molecule has 0 aliphatic carbocycles. The van der Waals surface area contributed by atoms with Crippen LogP contribution in [0.3, 0.4) is 0 Å². The fourth-order valence-corrected chi connectivity index (χ4v) is 5.79. The molecule has 3 saturated heterocycles.